The highest BCUT2D eigenvalue weighted by atomic mass is 79.9. The van der Waals surface area contributed by atoms with Crippen molar-refractivity contribution < 1.29 is 14.3 Å². The van der Waals surface area contributed by atoms with Crippen LogP contribution in [0.15, 0.2) is 57.2 Å². The molecule has 3 aromatic rings. The lowest BCUT2D eigenvalue weighted by molar-refractivity contribution is -0.118. The van der Waals surface area contributed by atoms with Gasteiger partial charge in [0.2, 0.25) is 0 Å². The van der Waals surface area contributed by atoms with E-state index in [1.54, 1.807) is 26.4 Å². The Morgan fingerprint density at radius 1 is 1.20 bits per heavy atom. The van der Waals surface area contributed by atoms with Gasteiger partial charge in [-0.15, -0.1) is 10.2 Å². The first-order valence-electron chi connectivity index (χ1n) is 8.84. The van der Waals surface area contributed by atoms with Crippen LogP contribution in [0.2, 0.25) is 0 Å². The molecule has 0 bridgehead atoms. The third-order valence-electron chi connectivity index (χ3n) is 4.10. The van der Waals surface area contributed by atoms with E-state index >= 15 is 0 Å². The lowest BCUT2D eigenvalue weighted by Crippen LogP contribution is -2.20. The van der Waals surface area contributed by atoms with E-state index in [0.29, 0.717) is 22.2 Å². The summed E-state index contributed by atoms with van der Waals surface area (Å²) >= 11 is 4.71. The van der Waals surface area contributed by atoms with Crippen molar-refractivity contribution in [3.63, 3.8) is 0 Å². The van der Waals surface area contributed by atoms with Crippen molar-refractivity contribution in [3.8, 4) is 22.9 Å². The van der Waals surface area contributed by atoms with Crippen LogP contribution in [0.5, 0.6) is 11.5 Å². The lowest BCUT2D eigenvalue weighted by Gasteiger charge is -2.09. The van der Waals surface area contributed by atoms with Crippen molar-refractivity contribution >= 4 is 39.8 Å². The Morgan fingerprint density at radius 3 is 2.63 bits per heavy atom. The van der Waals surface area contributed by atoms with E-state index in [1.807, 2.05) is 41.9 Å². The van der Waals surface area contributed by atoms with Crippen LogP contribution in [0.4, 0.5) is 0 Å². The van der Waals surface area contributed by atoms with Gasteiger partial charge in [0.15, 0.2) is 11.0 Å². The van der Waals surface area contributed by atoms with Crippen molar-refractivity contribution in [2.24, 2.45) is 12.1 Å². The second kappa shape index (κ2) is 10.3. The molecule has 0 spiro atoms. The molecule has 2 aromatic carbocycles. The third kappa shape index (κ3) is 5.19. The minimum Gasteiger partial charge on any atom is -0.496 e. The highest BCUT2D eigenvalue weighted by Crippen LogP contribution is 2.32. The Hall–Kier alpha value is -2.85. The second-order valence-electron chi connectivity index (χ2n) is 6.04. The number of ether oxygens (including phenoxy) is 2. The Morgan fingerprint density at radius 2 is 1.93 bits per heavy atom. The molecule has 1 amide bonds. The third-order valence-corrected chi connectivity index (χ3v) is 5.74. The van der Waals surface area contributed by atoms with Gasteiger partial charge in [0, 0.05) is 24.2 Å². The van der Waals surface area contributed by atoms with Gasteiger partial charge in [-0.05, 0) is 22.0 Å². The zero-order chi connectivity index (χ0) is 21.5. The Labute approximate surface area is 186 Å². The van der Waals surface area contributed by atoms with E-state index in [-0.39, 0.29) is 11.7 Å². The Kier molecular flexibility index (Phi) is 7.47. The predicted octanol–water partition coefficient (Wildman–Crippen LogP) is 3.50. The van der Waals surface area contributed by atoms with Crippen LogP contribution < -0.4 is 14.9 Å². The van der Waals surface area contributed by atoms with Crippen molar-refractivity contribution in [1.82, 2.24) is 20.2 Å². The average Bonchev–Trinajstić information content (AvgIpc) is 3.13. The number of thioether (sulfide) groups is 1. The molecule has 10 heteroatoms. The topological polar surface area (TPSA) is 90.6 Å². The minimum atomic E-state index is -0.257. The van der Waals surface area contributed by atoms with Gasteiger partial charge < -0.3 is 14.0 Å². The van der Waals surface area contributed by atoms with Crippen LogP contribution in [0.3, 0.4) is 0 Å². The summed E-state index contributed by atoms with van der Waals surface area (Å²) in [6.45, 7) is 0. The van der Waals surface area contributed by atoms with E-state index in [2.05, 4.69) is 36.7 Å². The highest BCUT2D eigenvalue weighted by Gasteiger charge is 2.13. The number of carbonyl (C=O) groups excluding carboxylic acids is 1. The molecule has 30 heavy (non-hydrogen) atoms. The monoisotopic (exact) mass is 489 g/mol. The van der Waals surface area contributed by atoms with Gasteiger partial charge in [-0.25, -0.2) is 5.43 Å². The summed E-state index contributed by atoms with van der Waals surface area (Å²) in [5.41, 5.74) is 4.17. The summed E-state index contributed by atoms with van der Waals surface area (Å²) in [5.74, 6) is 1.86. The van der Waals surface area contributed by atoms with Crippen molar-refractivity contribution in [3.05, 3.63) is 52.5 Å². The number of aromatic nitrogens is 3. The maximum absolute atomic E-state index is 12.2. The number of hydrazone groups is 1. The fourth-order valence-corrected chi connectivity index (χ4v) is 3.83. The fraction of sp³-hybridized carbons (Fsp3) is 0.200. The summed E-state index contributed by atoms with van der Waals surface area (Å²) in [6.07, 6.45) is 1.52. The summed E-state index contributed by atoms with van der Waals surface area (Å²) in [7, 11) is 5.00. The maximum Gasteiger partial charge on any atom is 0.250 e. The number of rotatable bonds is 8. The van der Waals surface area contributed by atoms with Gasteiger partial charge in [-0.1, -0.05) is 42.1 Å². The number of benzene rings is 2. The number of hydrogen-bond acceptors (Lipinski definition) is 7. The SMILES string of the molecule is COc1cc(OC)c(/C=N\NC(=O)CSc2nnc(-c3ccccc3)n2C)cc1Br. The maximum atomic E-state index is 12.2. The van der Waals surface area contributed by atoms with E-state index < -0.39 is 0 Å². The van der Waals surface area contributed by atoms with Crippen LogP contribution in [-0.2, 0) is 11.8 Å². The zero-order valence-electron chi connectivity index (χ0n) is 16.6. The molecular formula is C20H20BrN5O3S. The van der Waals surface area contributed by atoms with Crippen LogP contribution in [0, 0.1) is 0 Å². The molecule has 0 aliphatic heterocycles. The molecule has 0 fully saturated rings. The molecule has 1 N–H and O–H groups in total. The minimum absolute atomic E-state index is 0.154. The molecule has 0 aliphatic rings. The first-order valence-corrected chi connectivity index (χ1v) is 10.6. The molecule has 0 saturated heterocycles. The van der Waals surface area contributed by atoms with Crippen molar-refractivity contribution in [2.75, 3.05) is 20.0 Å². The van der Waals surface area contributed by atoms with Crippen molar-refractivity contribution in [1.29, 1.82) is 0 Å². The molecule has 8 nitrogen and oxygen atoms in total. The molecular weight excluding hydrogens is 470 g/mol. The van der Waals surface area contributed by atoms with Gasteiger partial charge in [0.05, 0.1) is 30.7 Å². The Bertz CT molecular complexity index is 1060. The first-order chi connectivity index (χ1) is 14.5. The number of nitrogens with zero attached hydrogens (tertiary/aromatic N) is 4. The lowest BCUT2D eigenvalue weighted by atomic mass is 10.2. The van der Waals surface area contributed by atoms with E-state index in [4.69, 9.17) is 9.47 Å². The summed E-state index contributed by atoms with van der Waals surface area (Å²) < 4.78 is 13.2. The molecule has 0 saturated carbocycles. The quantitative estimate of drug-likeness (QED) is 0.295. The number of nitrogens with one attached hydrogen (secondary N) is 1. The second-order valence-corrected chi connectivity index (χ2v) is 7.84. The Balaban J connectivity index is 1.58. The smallest absolute Gasteiger partial charge is 0.250 e. The van der Waals surface area contributed by atoms with E-state index in [1.165, 1.54) is 18.0 Å². The number of halogens is 1. The van der Waals surface area contributed by atoms with Crippen LogP contribution in [0.1, 0.15) is 5.56 Å². The van der Waals surface area contributed by atoms with Crippen LogP contribution in [-0.4, -0.2) is 46.9 Å². The molecule has 0 unspecified atom stereocenters. The zero-order valence-corrected chi connectivity index (χ0v) is 19.0. The number of methoxy groups -OCH3 is 2. The van der Waals surface area contributed by atoms with Gasteiger partial charge in [-0.3, -0.25) is 4.79 Å². The molecule has 156 valence electrons. The van der Waals surface area contributed by atoms with Gasteiger partial charge in [0.1, 0.15) is 11.5 Å². The average molecular weight is 490 g/mol. The molecule has 0 atom stereocenters. The summed E-state index contributed by atoms with van der Waals surface area (Å²) in [6, 6.07) is 13.3. The van der Waals surface area contributed by atoms with Gasteiger partial charge in [-0.2, -0.15) is 5.10 Å². The van der Waals surface area contributed by atoms with Crippen LogP contribution >= 0.6 is 27.7 Å². The van der Waals surface area contributed by atoms with E-state index in [0.717, 1.165) is 15.9 Å². The summed E-state index contributed by atoms with van der Waals surface area (Å²) in [4.78, 5) is 12.2. The van der Waals surface area contributed by atoms with Gasteiger partial charge in [0.25, 0.3) is 5.91 Å². The van der Waals surface area contributed by atoms with Gasteiger partial charge >= 0.3 is 0 Å². The van der Waals surface area contributed by atoms with Crippen molar-refractivity contribution in [2.45, 2.75) is 5.16 Å². The number of carbonyl (C=O) groups is 1. The van der Waals surface area contributed by atoms with Crippen LogP contribution in [0.25, 0.3) is 11.4 Å². The fourth-order valence-electron chi connectivity index (χ4n) is 2.60. The normalized spacial score (nSPS) is 10.9. The molecule has 1 heterocycles. The molecule has 3 rings (SSSR count). The number of amides is 1. The molecule has 1 aromatic heterocycles. The predicted molar refractivity (Wildman–Crippen MR) is 120 cm³/mol. The standard InChI is InChI=1S/C20H20BrN5O3S/c1-26-19(13-7-5-4-6-8-13)24-25-20(26)30-12-18(27)23-22-11-14-9-15(21)17(29-3)10-16(14)28-2/h4-11H,12H2,1-3H3,(H,23,27)/b22-11-. The highest BCUT2D eigenvalue weighted by molar-refractivity contribution is 9.10. The largest absolute Gasteiger partial charge is 0.496 e. The van der Waals surface area contributed by atoms with E-state index in [9.17, 15) is 4.79 Å². The number of hydrogen-bond donors (Lipinski definition) is 1. The summed E-state index contributed by atoms with van der Waals surface area (Å²) in [5, 5.41) is 13.0. The first kappa shape index (κ1) is 21.8. The molecule has 0 aliphatic carbocycles. The molecule has 0 radical (unpaired) electrons.